The highest BCUT2D eigenvalue weighted by Crippen LogP contribution is 2.05. The zero-order valence-electron chi connectivity index (χ0n) is 7.63. The van der Waals surface area contributed by atoms with E-state index in [0.29, 0.717) is 6.61 Å². The van der Waals surface area contributed by atoms with Gasteiger partial charge in [0.25, 0.3) is 0 Å². The summed E-state index contributed by atoms with van der Waals surface area (Å²) in [4.78, 5) is 21.9. The Morgan fingerprint density at radius 3 is 2.69 bits per heavy atom. The first-order chi connectivity index (χ1) is 6.24. The molecule has 74 valence electrons. The topological polar surface area (TPSA) is 67.4 Å². The Labute approximate surface area is 76.8 Å². The minimum Gasteiger partial charge on any atom is -0.379 e. The van der Waals surface area contributed by atoms with Crippen LogP contribution < -0.4 is 10.6 Å². The van der Waals surface area contributed by atoms with Crippen molar-refractivity contribution in [3.8, 4) is 0 Å². The summed E-state index contributed by atoms with van der Waals surface area (Å²) in [5.74, 6) is -1.19. The molecular weight excluding hydrogens is 172 g/mol. The molecule has 5 nitrogen and oxygen atoms in total. The standard InChI is InChI=1S/C8H14N2O3/c1-9-7(11)8(12)10-6-3-2-4-13-5-6/h6H,2-5H2,1H3,(H,9,11)(H,10,12)/t6-/m1/s1. The number of ether oxygens (including phenoxy) is 1. The molecule has 1 atom stereocenters. The average molecular weight is 186 g/mol. The first-order valence-corrected chi connectivity index (χ1v) is 4.34. The van der Waals surface area contributed by atoms with Crippen LogP contribution in [-0.4, -0.2) is 38.1 Å². The summed E-state index contributed by atoms with van der Waals surface area (Å²) in [5.41, 5.74) is 0. The van der Waals surface area contributed by atoms with Gasteiger partial charge in [-0.3, -0.25) is 9.59 Å². The Bertz CT molecular complexity index is 200. The predicted octanol–water partition coefficient (Wildman–Crippen LogP) is -0.972. The maximum Gasteiger partial charge on any atom is 0.309 e. The first-order valence-electron chi connectivity index (χ1n) is 4.34. The summed E-state index contributed by atoms with van der Waals surface area (Å²) in [6, 6.07) is -0.0152. The highest BCUT2D eigenvalue weighted by Gasteiger charge is 2.19. The van der Waals surface area contributed by atoms with Crippen LogP contribution in [0.25, 0.3) is 0 Å². The first kappa shape index (κ1) is 9.98. The molecule has 2 N–H and O–H groups in total. The number of hydrogen-bond acceptors (Lipinski definition) is 3. The lowest BCUT2D eigenvalue weighted by Crippen LogP contribution is -2.46. The van der Waals surface area contributed by atoms with Crippen LogP contribution in [-0.2, 0) is 14.3 Å². The van der Waals surface area contributed by atoms with E-state index in [0.717, 1.165) is 19.4 Å². The molecule has 0 spiro atoms. The molecule has 1 fully saturated rings. The second-order valence-electron chi connectivity index (χ2n) is 2.97. The van der Waals surface area contributed by atoms with E-state index in [4.69, 9.17) is 4.74 Å². The summed E-state index contributed by atoms with van der Waals surface area (Å²) < 4.78 is 5.15. The number of amides is 2. The molecule has 0 aromatic heterocycles. The van der Waals surface area contributed by atoms with Crippen molar-refractivity contribution in [3.63, 3.8) is 0 Å². The Morgan fingerprint density at radius 1 is 1.38 bits per heavy atom. The summed E-state index contributed by atoms with van der Waals surface area (Å²) in [6.07, 6.45) is 1.81. The largest absolute Gasteiger partial charge is 0.379 e. The van der Waals surface area contributed by atoms with Crippen molar-refractivity contribution in [2.75, 3.05) is 20.3 Å². The van der Waals surface area contributed by atoms with Crippen LogP contribution in [0.2, 0.25) is 0 Å². The van der Waals surface area contributed by atoms with Gasteiger partial charge in [0, 0.05) is 13.7 Å². The lowest BCUT2D eigenvalue weighted by molar-refractivity contribution is -0.139. The molecule has 13 heavy (non-hydrogen) atoms. The summed E-state index contributed by atoms with van der Waals surface area (Å²) >= 11 is 0. The Balaban J connectivity index is 2.30. The van der Waals surface area contributed by atoms with Crippen LogP contribution in [0, 0.1) is 0 Å². The average Bonchev–Trinajstić information content (AvgIpc) is 2.18. The third-order valence-electron chi connectivity index (χ3n) is 1.93. The molecule has 1 aliphatic heterocycles. The van der Waals surface area contributed by atoms with Crippen molar-refractivity contribution >= 4 is 11.8 Å². The second kappa shape index (κ2) is 4.81. The molecule has 0 aromatic carbocycles. The normalized spacial score (nSPS) is 22.1. The summed E-state index contributed by atoms with van der Waals surface area (Å²) in [6.45, 7) is 1.25. The van der Waals surface area contributed by atoms with Crippen molar-refractivity contribution < 1.29 is 14.3 Å². The molecule has 0 aromatic rings. The lowest BCUT2D eigenvalue weighted by atomic mass is 10.1. The number of nitrogens with one attached hydrogen (secondary N) is 2. The molecule has 2 amide bonds. The number of likely N-dealkylation sites (N-methyl/N-ethyl adjacent to an activating group) is 1. The maximum absolute atomic E-state index is 11.1. The van der Waals surface area contributed by atoms with E-state index >= 15 is 0 Å². The van der Waals surface area contributed by atoms with Crippen LogP contribution in [0.5, 0.6) is 0 Å². The van der Waals surface area contributed by atoms with Crippen LogP contribution in [0.4, 0.5) is 0 Å². The van der Waals surface area contributed by atoms with Crippen molar-refractivity contribution in [1.29, 1.82) is 0 Å². The number of carbonyl (C=O) groups is 2. The van der Waals surface area contributed by atoms with Gasteiger partial charge < -0.3 is 15.4 Å². The van der Waals surface area contributed by atoms with Crippen LogP contribution in [0.1, 0.15) is 12.8 Å². The monoisotopic (exact) mass is 186 g/mol. The van der Waals surface area contributed by atoms with E-state index in [-0.39, 0.29) is 6.04 Å². The van der Waals surface area contributed by atoms with E-state index < -0.39 is 11.8 Å². The molecule has 5 heteroatoms. The molecule has 1 heterocycles. The molecule has 0 radical (unpaired) electrons. The van der Waals surface area contributed by atoms with Gasteiger partial charge in [0.15, 0.2) is 0 Å². The molecule has 1 aliphatic rings. The number of hydrogen-bond donors (Lipinski definition) is 2. The number of carbonyl (C=O) groups excluding carboxylic acids is 2. The molecule has 0 unspecified atom stereocenters. The van der Waals surface area contributed by atoms with E-state index in [1.807, 2.05) is 0 Å². The van der Waals surface area contributed by atoms with Crippen LogP contribution >= 0.6 is 0 Å². The molecule has 1 saturated heterocycles. The van der Waals surface area contributed by atoms with E-state index in [9.17, 15) is 9.59 Å². The van der Waals surface area contributed by atoms with Gasteiger partial charge in [0.2, 0.25) is 0 Å². The quantitative estimate of drug-likeness (QED) is 0.518. The smallest absolute Gasteiger partial charge is 0.309 e. The molecular formula is C8H14N2O3. The zero-order valence-corrected chi connectivity index (χ0v) is 7.63. The van der Waals surface area contributed by atoms with Gasteiger partial charge in [-0.1, -0.05) is 0 Å². The predicted molar refractivity (Wildman–Crippen MR) is 46.1 cm³/mol. The van der Waals surface area contributed by atoms with Gasteiger partial charge in [-0.05, 0) is 12.8 Å². The fourth-order valence-electron chi connectivity index (χ4n) is 1.22. The molecule has 0 saturated carbocycles. The molecule has 0 aliphatic carbocycles. The Kier molecular flexibility index (Phi) is 3.70. The fourth-order valence-corrected chi connectivity index (χ4v) is 1.22. The third kappa shape index (κ3) is 3.02. The highest BCUT2D eigenvalue weighted by atomic mass is 16.5. The fraction of sp³-hybridized carbons (Fsp3) is 0.750. The van der Waals surface area contributed by atoms with E-state index in [1.165, 1.54) is 7.05 Å². The SMILES string of the molecule is CNC(=O)C(=O)N[C@@H]1CCCOC1. The van der Waals surface area contributed by atoms with Gasteiger partial charge in [-0.25, -0.2) is 0 Å². The molecule has 1 rings (SSSR count). The summed E-state index contributed by atoms with van der Waals surface area (Å²) in [7, 11) is 1.43. The van der Waals surface area contributed by atoms with Crippen LogP contribution in [0.3, 0.4) is 0 Å². The van der Waals surface area contributed by atoms with Gasteiger partial charge in [-0.15, -0.1) is 0 Å². The van der Waals surface area contributed by atoms with E-state index in [1.54, 1.807) is 0 Å². The Hall–Kier alpha value is -1.10. The minimum atomic E-state index is -0.606. The Morgan fingerprint density at radius 2 is 2.15 bits per heavy atom. The van der Waals surface area contributed by atoms with Crippen molar-refractivity contribution in [2.24, 2.45) is 0 Å². The highest BCUT2D eigenvalue weighted by molar-refractivity contribution is 6.35. The maximum atomic E-state index is 11.1. The lowest BCUT2D eigenvalue weighted by Gasteiger charge is -2.22. The van der Waals surface area contributed by atoms with Crippen molar-refractivity contribution in [3.05, 3.63) is 0 Å². The van der Waals surface area contributed by atoms with E-state index in [2.05, 4.69) is 10.6 Å². The number of rotatable bonds is 1. The minimum absolute atomic E-state index is 0.0152. The zero-order chi connectivity index (χ0) is 9.68. The second-order valence-corrected chi connectivity index (χ2v) is 2.97. The molecule has 0 bridgehead atoms. The van der Waals surface area contributed by atoms with Gasteiger partial charge in [0.1, 0.15) is 0 Å². The summed E-state index contributed by atoms with van der Waals surface area (Å²) in [5, 5.41) is 4.86. The third-order valence-corrected chi connectivity index (χ3v) is 1.93. The van der Waals surface area contributed by atoms with Crippen molar-refractivity contribution in [1.82, 2.24) is 10.6 Å². The van der Waals surface area contributed by atoms with Gasteiger partial charge in [-0.2, -0.15) is 0 Å². The van der Waals surface area contributed by atoms with Gasteiger partial charge >= 0.3 is 11.8 Å². The van der Waals surface area contributed by atoms with Crippen molar-refractivity contribution in [2.45, 2.75) is 18.9 Å². The van der Waals surface area contributed by atoms with Gasteiger partial charge in [0.05, 0.1) is 12.6 Å². The van der Waals surface area contributed by atoms with Crippen LogP contribution in [0.15, 0.2) is 0 Å².